The van der Waals surface area contributed by atoms with Gasteiger partial charge in [0, 0.05) is 22.9 Å². The number of amides is 1. The van der Waals surface area contributed by atoms with Crippen LogP contribution in [0.2, 0.25) is 0 Å². The summed E-state index contributed by atoms with van der Waals surface area (Å²) in [6.07, 6.45) is 4.40. The Morgan fingerprint density at radius 3 is 3.06 bits per heavy atom. The summed E-state index contributed by atoms with van der Waals surface area (Å²) in [7, 11) is 0. The second kappa shape index (κ2) is 5.67. The number of halogens is 1. The van der Waals surface area contributed by atoms with Gasteiger partial charge in [0.25, 0.3) is 5.91 Å². The summed E-state index contributed by atoms with van der Waals surface area (Å²) in [5, 5.41) is 2.81. The number of rotatable bonds is 6. The monoisotopic (exact) mass is 334 g/mol. The van der Waals surface area contributed by atoms with Gasteiger partial charge in [0.2, 0.25) is 0 Å². The molecule has 1 aromatic rings. The molecule has 0 bridgehead atoms. The maximum Gasteiger partial charge on any atom is 0.267 e. The third-order valence-electron chi connectivity index (χ3n) is 2.47. The van der Waals surface area contributed by atoms with Gasteiger partial charge in [-0.05, 0) is 47.4 Å². The van der Waals surface area contributed by atoms with Crippen LogP contribution in [0.1, 0.15) is 23.3 Å². The van der Waals surface area contributed by atoms with E-state index in [1.807, 2.05) is 6.07 Å². The van der Waals surface area contributed by atoms with Gasteiger partial charge in [-0.15, -0.1) is 0 Å². The van der Waals surface area contributed by atoms with Crippen LogP contribution in [0.25, 0.3) is 0 Å². The molecule has 5 heteroatoms. The lowest BCUT2D eigenvalue weighted by Gasteiger charge is -2.04. The number of aromatic amines is 1. The molecular formula is C11H15IN2O2. The lowest BCUT2D eigenvalue weighted by Crippen LogP contribution is -2.27. The van der Waals surface area contributed by atoms with Crippen molar-refractivity contribution in [1.82, 2.24) is 10.3 Å². The van der Waals surface area contributed by atoms with E-state index in [2.05, 4.69) is 32.9 Å². The van der Waals surface area contributed by atoms with Crippen molar-refractivity contribution in [3.05, 3.63) is 21.5 Å². The van der Waals surface area contributed by atoms with Crippen molar-refractivity contribution in [2.24, 2.45) is 5.92 Å². The molecule has 0 spiro atoms. The molecule has 1 aliphatic carbocycles. The quantitative estimate of drug-likeness (QED) is 0.615. The van der Waals surface area contributed by atoms with Crippen molar-refractivity contribution in [2.45, 2.75) is 12.8 Å². The highest BCUT2D eigenvalue weighted by Gasteiger charge is 2.20. The van der Waals surface area contributed by atoms with Crippen LogP contribution in [-0.2, 0) is 4.74 Å². The molecule has 16 heavy (non-hydrogen) atoms. The fourth-order valence-corrected chi connectivity index (χ4v) is 1.83. The third kappa shape index (κ3) is 3.79. The predicted octanol–water partition coefficient (Wildman–Crippen LogP) is 1.78. The molecule has 0 radical (unpaired) electrons. The minimum absolute atomic E-state index is 0.0714. The molecule has 0 aromatic carbocycles. The molecule has 0 unspecified atom stereocenters. The molecule has 1 heterocycles. The van der Waals surface area contributed by atoms with E-state index < -0.39 is 0 Å². The van der Waals surface area contributed by atoms with E-state index in [1.54, 1.807) is 6.20 Å². The van der Waals surface area contributed by atoms with Crippen LogP contribution >= 0.6 is 22.6 Å². The van der Waals surface area contributed by atoms with Crippen LogP contribution in [0.5, 0.6) is 0 Å². The Bertz CT molecular complexity index is 361. The highest BCUT2D eigenvalue weighted by atomic mass is 127. The first-order chi connectivity index (χ1) is 7.75. The first-order valence-corrected chi connectivity index (χ1v) is 6.53. The average molecular weight is 334 g/mol. The highest BCUT2D eigenvalue weighted by molar-refractivity contribution is 14.1. The van der Waals surface area contributed by atoms with E-state index >= 15 is 0 Å². The molecule has 0 atom stereocenters. The summed E-state index contributed by atoms with van der Waals surface area (Å²) < 4.78 is 6.46. The van der Waals surface area contributed by atoms with Crippen LogP contribution in [0.3, 0.4) is 0 Å². The van der Waals surface area contributed by atoms with E-state index in [0.29, 0.717) is 18.8 Å². The molecule has 0 saturated heterocycles. The van der Waals surface area contributed by atoms with Crippen LogP contribution in [0.15, 0.2) is 12.3 Å². The topological polar surface area (TPSA) is 54.1 Å². The van der Waals surface area contributed by atoms with Crippen LogP contribution in [0.4, 0.5) is 0 Å². The minimum Gasteiger partial charge on any atom is -0.379 e. The van der Waals surface area contributed by atoms with Crippen molar-refractivity contribution < 1.29 is 9.53 Å². The van der Waals surface area contributed by atoms with Gasteiger partial charge in [-0.25, -0.2) is 0 Å². The normalized spacial score (nSPS) is 15.1. The van der Waals surface area contributed by atoms with Crippen molar-refractivity contribution in [3.63, 3.8) is 0 Å². The predicted molar refractivity (Wildman–Crippen MR) is 69.4 cm³/mol. The highest BCUT2D eigenvalue weighted by Crippen LogP contribution is 2.28. The lowest BCUT2D eigenvalue weighted by atomic mass is 10.4. The summed E-state index contributed by atoms with van der Waals surface area (Å²) >= 11 is 2.16. The number of nitrogens with one attached hydrogen (secondary N) is 2. The van der Waals surface area contributed by atoms with Gasteiger partial charge >= 0.3 is 0 Å². The molecule has 1 fully saturated rings. The van der Waals surface area contributed by atoms with E-state index in [9.17, 15) is 4.79 Å². The van der Waals surface area contributed by atoms with Crippen molar-refractivity contribution >= 4 is 28.5 Å². The zero-order valence-electron chi connectivity index (χ0n) is 8.96. The molecule has 1 aromatic heterocycles. The number of carbonyl (C=O) groups excluding carboxylic acids is 1. The first-order valence-electron chi connectivity index (χ1n) is 5.45. The summed E-state index contributed by atoms with van der Waals surface area (Å²) in [4.78, 5) is 14.5. The van der Waals surface area contributed by atoms with E-state index in [4.69, 9.17) is 4.74 Å². The Balaban J connectivity index is 1.59. The Labute approximate surface area is 108 Å². The summed E-state index contributed by atoms with van der Waals surface area (Å²) in [5.41, 5.74) is 0.603. The zero-order chi connectivity index (χ0) is 11.4. The average Bonchev–Trinajstić information content (AvgIpc) is 2.99. The van der Waals surface area contributed by atoms with Crippen molar-refractivity contribution in [3.8, 4) is 0 Å². The minimum atomic E-state index is -0.0714. The van der Waals surface area contributed by atoms with Crippen molar-refractivity contribution in [1.29, 1.82) is 0 Å². The lowest BCUT2D eigenvalue weighted by molar-refractivity contribution is 0.0902. The van der Waals surface area contributed by atoms with Crippen molar-refractivity contribution in [2.75, 3.05) is 19.8 Å². The fraction of sp³-hybridized carbons (Fsp3) is 0.545. The largest absolute Gasteiger partial charge is 0.379 e. The molecule has 1 aliphatic rings. The first kappa shape index (κ1) is 11.9. The SMILES string of the molecule is O=C(NCCOCC1CC1)c1cc(I)c[nH]1. The summed E-state index contributed by atoms with van der Waals surface area (Å²) in [6, 6.07) is 1.82. The number of hydrogen-bond donors (Lipinski definition) is 2. The summed E-state index contributed by atoms with van der Waals surface area (Å²) in [6.45, 7) is 2.01. The van der Waals surface area contributed by atoms with E-state index in [0.717, 1.165) is 16.1 Å². The molecule has 0 aliphatic heterocycles. The number of aromatic nitrogens is 1. The maximum absolute atomic E-state index is 11.6. The van der Waals surface area contributed by atoms with Gasteiger partial charge in [-0.2, -0.15) is 0 Å². The Morgan fingerprint density at radius 1 is 1.62 bits per heavy atom. The molecule has 1 saturated carbocycles. The third-order valence-corrected chi connectivity index (χ3v) is 3.10. The molecule has 88 valence electrons. The second-order valence-electron chi connectivity index (χ2n) is 4.01. The zero-order valence-corrected chi connectivity index (χ0v) is 11.1. The molecule has 4 nitrogen and oxygen atoms in total. The van der Waals surface area contributed by atoms with Gasteiger partial charge in [-0.1, -0.05) is 0 Å². The van der Waals surface area contributed by atoms with Gasteiger partial charge in [0.1, 0.15) is 5.69 Å². The molecular weight excluding hydrogens is 319 g/mol. The Morgan fingerprint density at radius 2 is 2.44 bits per heavy atom. The van der Waals surface area contributed by atoms with Gasteiger partial charge in [-0.3, -0.25) is 4.79 Å². The Hall–Kier alpha value is -0.560. The number of H-pyrrole nitrogens is 1. The van der Waals surface area contributed by atoms with E-state index in [1.165, 1.54) is 12.8 Å². The fourth-order valence-electron chi connectivity index (χ4n) is 1.37. The maximum atomic E-state index is 11.6. The number of hydrogen-bond acceptors (Lipinski definition) is 2. The molecule has 2 N–H and O–H groups in total. The second-order valence-corrected chi connectivity index (χ2v) is 5.25. The van der Waals surface area contributed by atoms with Gasteiger partial charge in [0.05, 0.1) is 6.61 Å². The molecule has 1 amide bonds. The van der Waals surface area contributed by atoms with E-state index in [-0.39, 0.29) is 5.91 Å². The molecule has 2 rings (SSSR count). The van der Waals surface area contributed by atoms with Crippen LogP contribution in [-0.4, -0.2) is 30.6 Å². The smallest absolute Gasteiger partial charge is 0.267 e. The van der Waals surface area contributed by atoms with Crippen LogP contribution in [0, 0.1) is 9.49 Å². The summed E-state index contributed by atoms with van der Waals surface area (Å²) in [5.74, 6) is 0.707. The number of ether oxygens (including phenoxy) is 1. The number of carbonyl (C=O) groups is 1. The standard InChI is InChI=1S/C11H15IN2O2/c12-9-5-10(14-6-9)11(15)13-3-4-16-7-8-1-2-8/h5-6,8,14H,1-4,7H2,(H,13,15). The van der Waals surface area contributed by atoms with Gasteiger partial charge in [0.15, 0.2) is 0 Å². The Kier molecular flexibility index (Phi) is 4.22. The van der Waals surface area contributed by atoms with Gasteiger partial charge < -0.3 is 15.0 Å². The van der Waals surface area contributed by atoms with Crippen LogP contribution < -0.4 is 5.32 Å².